The van der Waals surface area contributed by atoms with Gasteiger partial charge in [0.15, 0.2) is 0 Å². The van der Waals surface area contributed by atoms with Crippen LogP contribution in [0.5, 0.6) is 0 Å². The molecule has 0 aliphatic rings. The lowest BCUT2D eigenvalue weighted by Gasteiger charge is -2.11. The molecule has 0 N–H and O–H groups in total. The molecule has 2 rings (SSSR count). The predicted molar refractivity (Wildman–Crippen MR) is 73.9 cm³/mol. The summed E-state index contributed by atoms with van der Waals surface area (Å²) in [6, 6.07) is 10.8. The highest BCUT2D eigenvalue weighted by Crippen LogP contribution is 2.17. The lowest BCUT2D eigenvalue weighted by Crippen LogP contribution is -2.04. The van der Waals surface area contributed by atoms with Crippen molar-refractivity contribution in [3.8, 4) is 0 Å². The van der Waals surface area contributed by atoms with Gasteiger partial charge in [0.2, 0.25) is 0 Å². The fourth-order valence-electron chi connectivity index (χ4n) is 2.15. The van der Waals surface area contributed by atoms with E-state index in [9.17, 15) is 10.1 Å². The first kappa shape index (κ1) is 13.2. The molecule has 0 amide bonds. The van der Waals surface area contributed by atoms with Gasteiger partial charge in [-0.3, -0.25) is 15.1 Å². The molecule has 4 heteroatoms. The van der Waals surface area contributed by atoms with Gasteiger partial charge in [-0.2, -0.15) is 0 Å². The van der Waals surface area contributed by atoms with E-state index < -0.39 is 0 Å². The Morgan fingerprint density at radius 3 is 2.11 bits per heavy atom. The molecule has 1 unspecified atom stereocenters. The summed E-state index contributed by atoms with van der Waals surface area (Å²) in [7, 11) is 0. The molecule has 19 heavy (non-hydrogen) atoms. The number of non-ortho nitro benzene ring substituents is 1. The maximum Gasteiger partial charge on any atom is 0.269 e. The third-order valence-electron chi connectivity index (χ3n) is 3.06. The first-order valence-electron chi connectivity index (χ1n) is 6.27. The molecule has 0 radical (unpaired) electrons. The van der Waals surface area contributed by atoms with Gasteiger partial charge in [-0.1, -0.05) is 19.1 Å². The number of nitro groups is 1. The van der Waals surface area contributed by atoms with Gasteiger partial charge in [0, 0.05) is 24.5 Å². The summed E-state index contributed by atoms with van der Waals surface area (Å²) in [5.74, 6) is 0.490. The highest BCUT2D eigenvalue weighted by Gasteiger charge is 2.08. The normalized spacial score (nSPS) is 12.1. The Bertz CT molecular complexity index is 538. The summed E-state index contributed by atoms with van der Waals surface area (Å²) in [5, 5.41) is 10.6. The fourth-order valence-corrected chi connectivity index (χ4v) is 2.15. The Hall–Kier alpha value is -2.23. The molecular formula is C15H16N2O2. The number of hydrogen-bond acceptors (Lipinski definition) is 3. The van der Waals surface area contributed by atoms with E-state index in [1.165, 1.54) is 5.56 Å². The van der Waals surface area contributed by atoms with Crippen molar-refractivity contribution in [2.45, 2.75) is 19.8 Å². The molecule has 1 aromatic carbocycles. The Kier molecular flexibility index (Phi) is 4.23. The summed E-state index contributed by atoms with van der Waals surface area (Å²) in [4.78, 5) is 14.2. The lowest BCUT2D eigenvalue weighted by molar-refractivity contribution is -0.384. The maximum absolute atomic E-state index is 10.6. The van der Waals surface area contributed by atoms with E-state index in [0.717, 1.165) is 18.4 Å². The van der Waals surface area contributed by atoms with Gasteiger partial charge in [0.1, 0.15) is 0 Å². The standard InChI is InChI=1S/C15H16N2O2/c1-12(11-14-6-8-16-9-7-14)10-13-2-4-15(5-3-13)17(18)19/h2-9,12H,10-11H2,1H3. The van der Waals surface area contributed by atoms with Crippen molar-refractivity contribution in [2.75, 3.05) is 0 Å². The van der Waals surface area contributed by atoms with E-state index >= 15 is 0 Å². The van der Waals surface area contributed by atoms with Crippen LogP contribution in [0, 0.1) is 16.0 Å². The molecular weight excluding hydrogens is 240 g/mol. The zero-order chi connectivity index (χ0) is 13.7. The zero-order valence-electron chi connectivity index (χ0n) is 10.8. The first-order valence-corrected chi connectivity index (χ1v) is 6.27. The highest BCUT2D eigenvalue weighted by atomic mass is 16.6. The summed E-state index contributed by atoms with van der Waals surface area (Å²) < 4.78 is 0. The highest BCUT2D eigenvalue weighted by molar-refractivity contribution is 5.33. The minimum absolute atomic E-state index is 0.144. The van der Waals surface area contributed by atoms with Crippen molar-refractivity contribution < 1.29 is 4.92 Å². The average molecular weight is 256 g/mol. The third-order valence-corrected chi connectivity index (χ3v) is 3.06. The quantitative estimate of drug-likeness (QED) is 0.608. The SMILES string of the molecule is CC(Cc1ccncc1)Cc1ccc([N+](=O)[O-])cc1. The smallest absolute Gasteiger partial charge is 0.265 e. The van der Waals surface area contributed by atoms with Crippen LogP contribution in [0.25, 0.3) is 0 Å². The monoisotopic (exact) mass is 256 g/mol. The van der Waals surface area contributed by atoms with Crippen LogP contribution in [0.4, 0.5) is 5.69 Å². The molecule has 0 bridgehead atoms. The molecule has 1 aromatic heterocycles. The Morgan fingerprint density at radius 2 is 1.58 bits per heavy atom. The van der Waals surface area contributed by atoms with Crippen molar-refractivity contribution in [2.24, 2.45) is 5.92 Å². The molecule has 98 valence electrons. The average Bonchev–Trinajstić information content (AvgIpc) is 2.40. The summed E-state index contributed by atoms with van der Waals surface area (Å²) in [5.41, 5.74) is 2.54. The van der Waals surface area contributed by atoms with Crippen LogP contribution in [0.2, 0.25) is 0 Å². The van der Waals surface area contributed by atoms with Crippen LogP contribution in [-0.4, -0.2) is 9.91 Å². The van der Waals surface area contributed by atoms with Crippen molar-refractivity contribution in [1.29, 1.82) is 0 Å². The lowest BCUT2D eigenvalue weighted by atomic mass is 9.95. The molecule has 0 aliphatic carbocycles. The molecule has 4 nitrogen and oxygen atoms in total. The number of rotatable bonds is 5. The predicted octanol–water partition coefficient (Wildman–Crippen LogP) is 3.41. The first-order chi connectivity index (χ1) is 9.15. The molecule has 1 atom stereocenters. The number of pyridine rings is 1. The van der Waals surface area contributed by atoms with Gasteiger partial charge >= 0.3 is 0 Å². The molecule has 0 aliphatic heterocycles. The molecule has 2 aromatic rings. The number of benzene rings is 1. The summed E-state index contributed by atoms with van der Waals surface area (Å²) in [6.07, 6.45) is 5.50. The summed E-state index contributed by atoms with van der Waals surface area (Å²) >= 11 is 0. The Balaban J connectivity index is 1.95. The minimum Gasteiger partial charge on any atom is -0.265 e. The van der Waals surface area contributed by atoms with Gasteiger partial charge in [-0.05, 0) is 42.0 Å². The van der Waals surface area contributed by atoms with E-state index in [1.807, 2.05) is 24.3 Å². The zero-order valence-corrected chi connectivity index (χ0v) is 10.8. The number of aromatic nitrogens is 1. The Labute approximate surface area is 112 Å². The molecule has 0 fully saturated rings. The third kappa shape index (κ3) is 3.88. The van der Waals surface area contributed by atoms with Crippen molar-refractivity contribution in [3.63, 3.8) is 0 Å². The van der Waals surface area contributed by atoms with Crippen molar-refractivity contribution in [3.05, 3.63) is 70.0 Å². The van der Waals surface area contributed by atoms with Gasteiger partial charge in [-0.15, -0.1) is 0 Å². The minimum atomic E-state index is -0.371. The number of nitro benzene ring substituents is 1. The second-order valence-electron chi connectivity index (χ2n) is 4.79. The van der Waals surface area contributed by atoms with Gasteiger partial charge in [0.05, 0.1) is 4.92 Å². The van der Waals surface area contributed by atoms with Crippen LogP contribution < -0.4 is 0 Å². The number of nitrogens with zero attached hydrogens (tertiary/aromatic N) is 2. The van der Waals surface area contributed by atoms with Crippen LogP contribution in [0.1, 0.15) is 18.1 Å². The van der Waals surface area contributed by atoms with Gasteiger partial charge in [-0.25, -0.2) is 0 Å². The van der Waals surface area contributed by atoms with E-state index in [1.54, 1.807) is 24.5 Å². The van der Waals surface area contributed by atoms with Crippen molar-refractivity contribution in [1.82, 2.24) is 4.98 Å². The Morgan fingerprint density at radius 1 is 1.05 bits per heavy atom. The van der Waals surface area contributed by atoms with Crippen molar-refractivity contribution >= 4 is 5.69 Å². The molecule has 0 spiro atoms. The van der Waals surface area contributed by atoms with E-state index in [2.05, 4.69) is 11.9 Å². The topological polar surface area (TPSA) is 56.0 Å². The molecule has 1 heterocycles. The summed E-state index contributed by atoms with van der Waals surface area (Å²) in [6.45, 7) is 2.18. The number of hydrogen-bond donors (Lipinski definition) is 0. The van der Waals surface area contributed by atoms with Crippen LogP contribution in [-0.2, 0) is 12.8 Å². The molecule has 0 saturated carbocycles. The van der Waals surface area contributed by atoms with Crippen LogP contribution in [0.3, 0.4) is 0 Å². The van der Waals surface area contributed by atoms with E-state index in [0.29, 0.717) is 5.92 Å². The van der Waals surface area contributed by atoms with Crippen LogP contribution in [0.15, 0.2) is 48.8 Å². The fraction of sp³-hybridized carbons (Fsp3) is 0.267. The largest absolute Gasteiger partial charge is 0.269 e. The maximum atomic E-state index is 10.6. The second kappa shape index (κ2) is 6.09. The van der Waals surface area contributed by atoms with E-state index in [4.69, 9.17) is 0 Å². The van der Waals surface area contributed by atoms with E-state index in [-0.39, 0.29) is 10.6 Å². The second-order valence-corrected chi connectivity index (χ2v) is 4.79. The van der Waals surface area contributed by atoms with Gasteiger partial charge < -0.3 is 0 Å². The molecule has 0 saturated heterocycles. The van der Waals surface area contributed by atoms with Gasteiger partial charge in [0.25, 0.3) is 5.69 Å². The van der Waals surface area contributed by atoms with Crippen LogP contribution >= 0.6 is 0 Å².